The third-order valence-corrected chi connectivity index (χ3v) is 8.54. The first-order chi connectivity index (χ1) is 21.8. The van der Waals surface area contributed by atoms with Crippen LogP contribution in [0.1, 0.15) is 19.3 Å². The number of alkyl halides is 1. The number of nitrogens with zero attached hydrogens (tertiary/aromatic N) is 1. The third-order valence-electron chi connectivity index (χ3n) is 8.54. The predicted molar refractivity (Wildman–Crippen MR) is 158 cm³/mol. The number of carbonyl (C=O) groups excluding carboxylic acids is 1. The average Bonchev–Trinajstić information content (AvgIpc) is 3.02. The van der Waals surface area contributed by atoms with Crippen molar-refractivity contribution < 1.29 is 58.8 Å². The van der Waals surface area contributed by atoms with E-state index in [4.69, 9.17) is 53.3 Å². The Balaban J connectivity index is 1.90. The molecular weight excluding hydrogens is 619 g/mol. The second-order valence-corrected chi connectivity index (χ2v) is 11.8. The van der Waals surface area contributed by atoms with E-state index in [0.29, 0.717) is 0 Å². The highest BCUT2D eigenvalue weighted by Gasteiger charge is 2.53. The zero-order valence-electron chi connectivity index (χ0n) is 25.4. The summed E-state index contributed by atoms with van der Waals surface area (Å²) in [4.78, 5) is 16.8. The van der Waals surface area contributed by atoms with E-state index in [0.717, 1.165) is 0 Å². The summed E-state index contributed by atoms with van der Waals surface area (Å²) in [5.41, 5.74) is 34.7. The molecule has 19 N–H and O–H groups in total. The number of hydrogen-bond acceptors (Lipinski definition) is 17. The van der Waals surface area contributed by atoms with E-state index in [-0.39, 0.29) is 45.0 Å². The van der Waals surface area contributed by atoms with E-state index in [1.807, 2.05) is 0 Å². The van der Waals surface area contributed by atoms with Crippen molar-refractivity contribution >= 4 is 11.7 Å². The molecule has 3 fully saturated rings. The van der Waals surface area contributed by atoms with Crippen molar-refractivity contribution in [1.29, 1.82) is 0 Å². The molecule has 6 unspecified atom stereocenters. The Kier molecular flexibility index (Phi) is 14.8. The van der Waals surface area contributed by atoms with Gasteiger partial charge in [-0.3, -0.25) is 9.79 Å². The number of carbonyl (C=O) groups is 1. The van der Waals surface area contributed by atoms with Crippen LogP contribution in [0.2, 0.25) is 0 Å². The van der Waals surface area contributed by atoms with E-state index >= 15 is 4.39 Å². The van der Waals surface area contributed by atoms with Gasteiger partial charge in [0.05, 0.1) is 31.3 Å². The number of ether oxygens (including phenoxy) is 4. The summed E-state index contributed by atoms with van der Waals surface area (Å²) < 4.78 is 39.6. The highest BCUT2D eigenvalue weighted by molar-refractivity contribution is 5.83. The fraction of sp³-hybridized carbons (Fsp3) is 0.923. The minimum atomic E-state index is -2.15. The molecule has 0 aromatic rings. The first-order valence-electron chi connectivity index (χ1n) is 15.3. The summed E-state index contributed by atoms with van der Waals surface area (Å²) in [7, 11) is 0. The molecule has 2 aliphatic heterocycles. The Hall–Kier alpha value is -1.73. The quantitative estimate of drug-likeness (QED) is 0.0602. The van der Waals surface area contributed by atoms with Crippen LogP contribution in [0.4, 0.5) is 4.39 Å². The molecule has 0 bridgehead atoms. The van der Waals surface area contributed by atoms with Crippen LogP contribution >= 0.6 is 0 Å². The summed E-state index contributed by atoms with van der Waals surface area (Å²) >= 11 is 0. The van der Waals surface area contributed by atoms with Crippen LogP contribution in [0.3, 0.4) is 0 Å². The number of nitrogens with one attached hydrogen (secondary N) is 1. The highest BCUT2D eigenvalue weighted by Crippen LogP contribution is 2.37. The lowest BCUT2D eigenvalue weighted by Crippen LogP contribution is -2.68. The van der Waals surface area contributed by atoms with E-state index in [2.05, 4.69) is 10.3 Å². The SMILES string of the molecule is NCCN=C(N)NC1[C@@H](O)C(OC2[C@H](CC(=O)[C@@H](O)CCN)CC(N)[C@@H](O[C@H]3OC(CN)[C@@H](O)[C@H](O)C3N)[C@@H]2F)O[C@H](CO)[C@H]1O. The molecule has 20 heteroatoms. The summed E-state index contributed by atoms with van der Waals surface area (Å²) in [6.45, 7) is -0.628. The molecule has 0 spiro atoms. The predicted octanol–water partition coefficient (Wildman–Crippen LogP) is -7.49. The molecule has 19 nitrogen and oxygen atoms in total. The van der Waals surface area contributed by atoms with Crippen molar-refractivity contribution in [2.45, 2.75) is 111 Å². The summed E-state index contributed by atoms with van der Waals surface area (Å²) in [5, 5.41) is 65.2. The van der Waals surface area contributed by atoms with Crippen molar-refractivity contribution in [2.24, 2.45) is 45.3 Å². The first-order valence-corrected chi connectivity index (χ1v) is 15.3. The normalized spacial score (nSPS) is 42.9. The van der Waals surface area contributed by atoms with Gasteiger partial charge in [0.25, 0.3) is 0 Å². The van der Waals surface area contributed by atoms with Crippen LogP contribution in [0.25, 0.3) is 0 Å². The molecule has 3 rings (SSSR count). The molecule has 2 saturated heterocycles. The number of hydrogen-bond donors (Lipinski definition) is 13. The van der Waals surface area contributed by atoms with Gasteiger partial charge in [0.1, 0.15) is 48.8 Å². The molecule has 46 heavy (non-hydrogen) atoms. The van der Waals surface area contributed by atoms with Crippen LogP contribution in [0.15, 0.2) is 4.99 Å². The topological polar surface area (TPSA) is 356 Å². The van der Waals surface area contributed by atoms with E-state index in [1.54, 1.807) is 0 Å². The van der Waals surface area contributed by atoms with Gasteiger partial charge in [-0.2, -0.15) is 0 Å². The van der Waals surface area contributed by atoms with Gasteiger partial charge in [0, 0.05) is 25.6 Å². The van der Waals surface area contributed by atoms with Gasteiger partial charge in [0.2, 0.25) is 0 Å². The van der Waals surface area contributed by atoms with E-state index < -0.39 is 117 Å². The lowest BCUT2D eigenvalue weighted by molar-refractivity contribution is -0.318. The van der Waals surface area contributed by atoms with Crippen LogP contribution in [-0.4, -0.2) is 167 Å². The Labute approximate surface area is 265 Å². The number of rotatable bonds is 14. The fourth-order valence-electron chi connectivity index (χ4n) is 5.93. The van der Waals surface area contributed by atoms with Gasteiger partial charge in [-0.1, -0.05) is 0 Å². The second kappa shape index (κ2) is 17.6. The first kappa shape index (κ1) is 38.7. The highest BCUT2D eigenvalue weighted by atomic mass is 19.1. The molecule has 268 valence electrons. The van der Waals surface area contributed by atoms with Gasteiger partial charge < -0.3 is 89.3 Å². The average molecular weight is 671 g/mol. The zero-order valence-corrected chi connectivity index (χ0v) is 25.4. The molecule has 16 atom stereocenters. The monoisotopic (exact) mass is 670 g/mol. The van der Waals surface area contributed by atoms with Crippen molar-refractivity contribution in [3.05, 3.63) is 0 Å². The number of aliphatic hydroxyl groups is 6. The van der Waals surface area contributed by atoms with Crippen LogP contribution in [-0.2, 0) is 23.7 Å². The third kappa shape index (κ3) is 9.03. The number of aliphatic hydroxyl groups excluding tert-OH is 6. The van der Waals surface area contributed by atoms with Crippen molar-refractivity contribution in [1.82, 2.24) is 5.32 Å². The largest absolute Gasteiger partial charge is 0.394 e. The molecule has 3 aliphatic rings. The summed E-state index contributed by atoms with van der Waals surface area (Å²) in [6, 6.07) is -3.72. The minimum Gasteiger partial charge on any atom is -0.394 e. The number of ketones is 1. The number of halogens is 1. The molecular formula is C26H51FN8O11. The standard InChI is InChI=1S/C26H51FN8O11/c27-15-22(45-25-21(42)17(18(39)14(8-36)44-25)35-26(33)34-4-3-29)9(6-12(38)11(37)1-2-28)5-10(31)23(15)46-24-16(32)20(41)19(40)13(7-30)43-24/h9-11,13-25,36-37,39-42H,1-8,28-32H2,(H3,33,34,35)/t9-,10?,11-,13?,14+,15+,16?,17?,18+,19+,20+,21+,22?,23+,24+,25?/m0/s1. The van der Waals surface area contributed by atoms with Crippen molar-refractivity contribution in [3.8, 4) is 0 Å². The molecule has 1 aliphatic carbocycles. The van der Waals surface area contributed by atoms with Crippen LogP contribution in [0.5, 0.6) is 0 Å². The molecule has 0 aromatic carbocycles. The zero-order chi connectivity index (χ0) is 34.3. The number of guanidine groups is 1. The maximum Gasteiger partial charge on any atom is 0.189 e. The van der Waals surface area contributed by atoms with Crippen LogP contribution in [0, 0.1) is 5.92 Å². The Morgan fingerprint density at radius 3 is 2.22 bits per heavy atom. The number of aliphatic imine (C=N–C) groups is 1. The lowest BCUT2D eigenvalue weighted by Gasteiger charge is -2.48. The maximum atomic E-state index is 16.6. The van der Waals surface area contributed by atoms with Crippen LogP contribution < -0.4 is 39.7 Å². The van der Waals surface area contributed by atoms with Crippen molar-refractivity contribution in [3.63, 3.8) is 0 Å². The molecule has 0 radical (unpaired) electrons. The molecule has 1 saturated carbocycles. The Morgan fingerprint density at radius 2 is 1.61 bits per heavy atom. The van der Waals surface area contributed by atoms with Gasteiger partial charge in [0.15, 0.2) is 30.5 Å². The Morgan fingerprint density at radius 1 is 0.957 bits per heavy atom. The fourth-order valence-corrected chi connectivity index (χ4v) is 5.93. The van der Waals surface area contributed by atoms with Crippen molar-refractivity contribution in [2.75, 3.05) is 32.8 Å². The van der Waals surface area contributed by atoms with Gasteiger partial charge in [-0.05, 0) is 25.3 Å². The molecule has 2 heterocycles. The summed E-state index contributed by atoms with van der Waals surface area (Å²) in [5.74, 6) is -1.83. The molecule has 0 amide bonds. The van der Waals surface area contributed by atoms with Gasteiger partial charge >= 0.3 is 0 Å². The number of Topliss-reactive ketones (excluding diaryl/α,β-unsaturated/α-hetero) is 1. The molecule has 0 aromatic heterocycles. The number of nitrogens with two attached hydrogens (primary N) is 6. The lowest BCUT2D eigenvalue weighted by atomic mass is 9.77. The maximum absolute atomic E-state index is 16.6. The summed E-state index contributed by atoms with van der Waals surface area (Å²) in [6.07, 6.45) is -19.0. The second-order valence-electron chi connectivity index (χ2n) is 11.8. The smallest absolute Gasteiger partial charge is 0.189 e. The van der Waals surface area contributed by atoms with Gasteiger partial charge in [-0.25, -0.2) is 4.39 Å². The van der Waals surface area contributed by atoms with E-state index in [1.165, 1.54) is 0 Å². The Bertz CT molecular complexity index is 992. The van der Waals surface area contributed by atoms with E-state index in [9.17, 15) is 35.4 Å². The minimum absolute atomic E-state index is 0.0176. The van der Waals surface area contributed by atoms with Gasteiger partial charge in [-0.15, -0.1) is 0 Å².